The Morgan fingerprint density at radius 3 is 1.33 bits per heavy atom. The zero-order chi connectivity index (χ0) is 14.0. The maximum absolute atomic E-state index is 10.9. The van der Waals surface area contributed by atoms with Crippen LogP contribution in [0.2, 0.25) is 0 Å². The molecule has 0 bridgehead atoms. The molecule has 0 saturated carbocycles. The molecular formula is C10H12N2O6. The summed E-state index contributed by atoms with van der Waals surface area (Å²) in [5.41, 5.74) is 9.49. The number of primary amides is 2. The van der Waals surface area contributed by atoms with Gasteiger partial charge in [0.15, 0.2) is 0 Å². The number of nitrogens with two attached hydrogens (primary N) is 2. The van der Waals surface area contributed by atoms with E-state index in [0.717, 1.165) is 24.3 Å². The summed E-state index contributed by atoms with van der Waals surface area (Å²) in [6, 6.07) is 0. The number of carbonyl (C=O) groups excluding carboxylic acids is 4. The molecule has 0 aromatic carbocycles. The normalized spacial score (nSPS) is 10.4. The van der Waals surface area contributed by atoms with Crippen LogP contribution in [0.25, 0.3) is 0 Å². The predicted octanol–water partition coefficient (Wildman–Crippen LogP) is -1.84. The molecule has 0 heterocycles. The predicted molar refractivity (Wildman–Crippen MR) is 58.6 cm³/mol. The molecule has 8 heteroatoms. The van der Waals surface area contributed by atoms with Crippen molar-refractivity contribution in [2.45, 2.75) is 0 Å². The summed E-state index contributed by atoms with van der Waals surface area (Å²) in [6.07, 6.45) is 3.36. The Balaban J connectivity index is 3.74. The van der Waals surface area contributed by atoms with Crippen LogP contribution in [0.15, 0.2) is 24.3 Å². The van der Waals surface area contributed by atoms with Crippen molar-refractivity contribution in [2.24, 2.45) is 11.5 Å². The second kappa shape index (κ2) is 8.50. The molecule has 0 aliphatic rings. The van der Waals surface area contributed by atoms with Gasteiger partial charge in [0.05, 0.1) is 0 Å². The van der Waals surface area contributed by atoms with Crippen LogP contribution in [0.5, 0.6) is 0 Å². The number of rotatable bonds is 7. The van der Waals surface area contributed by atoms with Gasteiger partial charge in [0.2, 0.25) is 11.8 Å². The lowest BCUT2D eigenvalue weighted by atomic mass is 10.5. The minimum absolute atomic E-state index is 0.196. The van der Waals surface area contributed by atoms with Crippen molar-refractivity contribution in [3.8, 4) is 0 Å². The third-order valence-electron chi connectivity index (χ3n) is 1.34. The third kappa shape index (κ3) is 9.90. The Hall–Kier alpha value is -2.64. The minimum atomic E-state index is -0.794. The smallest absolute Gasteiger partial charge is 0.331 e. The molecule has 0 spiro atoms. The molecule has 98 valence electrons. The highest BCUT2D eigenvalue weighted by Gasteiger charge is 2.00. The average molecular weight is 256 g/mol. The second-order valence-corrected chi connectivity index (χ2v) is 2.81. The third-order valence-corrected chi connectivity index (χ3v) is 1.34. The van der Waals surface area contributed by atoms with E-state index < -0.39 is 23.8 Å². The standard InChI is InChI=1S/C10H12N2O6/c11-7(13)1-3-9(15)17-5-6-18-10(16)4-2-8(12)14/h1-4H,5-6H2,(H2,11,13)(H2,12,14). The second-order valence-electron chi connectivity index (χ2n) is 2.81. The summed E-state index contributed by atoms with van der Waals surface area (Å²) in [4.78, 5) is 42.3. The maximum atomic E-state index is 10.9. The molecule has 2 amide bonds. The van der Waals surface area contributed by atoms with Crippen LogP contribution in [-0.2, 0) is 28.7 Å². The first-order chi connectivity index (χ1) is 8.41. The van der Waals surface area contributed by atoms with Crippen molar-refractivity contribution in [3.05, 3.63) is 24.3 Å². The fourth-order valence-corrected chi connectivity index (χ4v) is 0.681. The van der Waals surface area contributed by atoms with Gasteiger partial charge < -0.3 is 20.9 Å². The number of esters is 2. The Labute approximate surface area is 102 Å². The molecular weight excluding hydrogens is 244 g/mol. The minimum Gasteiger partial charge on any atom is -0.459 e. The van der Waals surface area contributed by atoms with Gasteiger partial charge in [0, 0.05) is 24.3 Å². The van der Waals surface area contributed by atoms with E-state index in [9.17, 15) is 19.2 Å². The Kier molecular flexibility index (Phi) is 7.26. The van der Waals surface area contributed by atoms with E-state index in [4.69, 9.17) is 11.5 Å². The monoisotopic (exact) mass is 256 g/mol. The van der Waals surface area contributed by atoms with Crippen LogP contribution >= 0.6 is 0 Å². The Morgan fingerprint density at radius 2 is 1.06 bits per heavy atom. The lowest BCUT2D eigenvalue weighted by Crippen LogP contribution is -2.13. The van der Waals surface area contributed by atoms with E-state index in [0.29, 0.717) is 0 Å². The van der Waals surface area contributed by atoms with Crippen molar-refractivity contribution >= 4 is 23.8 Å². The molecule has 0 rings (SSSR count). The summed E-state index contributed by atoms with van der Waals surface area (Å²) in [6.45, 7) is -0.393. The van der Waals surface area contributed by atoms with Crippen LogP contribution in [0.4, 0.5) is 0 Å². The van der Waals surface area contributed by atoms with Gasteiger partial charge in [0.1, 0.15) is 13.2 Å². The summed E-state index contributed by atoms with van der Waals surface area (Å²) in [7, 11) is 0. The Bertz CT molecular complexity index is 361. The van der Waals surface area contributed by atoms with E-state index in [1.807, 2.05) is 0 Å². The van der Waals surface area contributed by atoms with Crippen molar-refractivity contribution in [3.63, 3.8) is 0 Å². The molecule has 0 atom stereocenters. The quantitative estimate of drug-likeness (QED) is 0.311. The highest BCUT2D eigenvalue weighted by atomic mass is 16.6. The van der Waals surface area contributed by atoms with Crippen LogP contribution in [0.1, 0.15) is 0 Å². The van der Waals surface area contributed by atoms with Crippen LogP contribution in [-0.4, -0.2) is 37.0 Å². The van der Waals surface area contributed by atoms with E-state index in [1.165, 1.54) is 0 Å². The lowest BCUT2D eigenvalue weighted by Gasteiger charge is -2.02. The summed E-state index contributed by atoms with van der Waals surface area (Å²) < 4.78 is 9.08. The van der Waals surface area contributed by atoms with Crippen molar-refractivity contribution < 1.29 is 28.7 Å². The van der Waals surface area contributed by atoms with Gasteiger partial charge >= 0.3 is 11.9 Å². The van der Waals surface area contributed by atoms with E-state index >= 15 is 0 Å². The molecule has 18 heavy (non-hydrogen) atoms. The molecule has 0 saturated heterocycles. The molecule has 0 unspecified atom stereocenters. The fraction of sp³-hybridized carbons (Fsp3) is 0.200. The summed E-state index contributed by atoms with van der Waals surface area (Å²) in [5, 5.41) is 0. The SMILES string of the molecule is NC(=O)C=CC(=O)OCCOC(=O)C=CC(N)=O. The van der Waals surface area contributed by atoms with Gasteiger partial charge in [-0.25, -0.2) is 9.59 Å². The molecule has 0 aromatic rings. The number of hydrogen-bond acceptors (Lipinski definition) is 6. The zero-order valence-electron chi connectivity index (χ0n) is 9.33. The Morgan fingerprint density at radius 1 is 0.722 bits per heavy atom. The average Bonchev–Trinajstić information content (AvgIpc) is 2.29. The van der Waals surface area contributed by atoms with E-state index in [-0.39, 0.29) is 13.2 Å². The fourth-order valence-electron chi connectivity index (χ4n) is 0.681. The number of ether oxygens (including phenoxy) is 2. The van der Waals surface area contributed by atoms with Crippen molar-refractivity contribution in [1.82, 2.24) is 0 Å². The van der Waals surface area contributed by atoms with E-state index in [2.05, 4.69) is 9.47 Å². The first-order valence-electron chi connectivity index (χ1n) is 4.70. The van der Waals surface area contributed by atoms with Crippen LogP contribution in [0, 0.1) is 0 Å². The maximum Gasteiger partial charge on any atom is 0.331 e. The molecule has 4 N–H and O–H groups in total. The van der Waals surface area contributed by atoms with Gasteiger partial charge in [-0.3, -0.25) is 9.59 Å². The van der Waals surface area contributed by atoms with Gasteiger partial charge in [0.25, 0.3) is 0 Å². The number of amides is 2. The molecule has 0 radical (unpaired) electrons. The molecule has 0 fully saturated rings. The first kappa shape index (κ1) is 15.4. The van der Waals surface area contributed by atoms with E-state index in [1.54, 1.807) is 0 Å². The molecule has 8 nitrogen and oxygen atoms in total. The topological polar surface area (TPSA) is 139 Å². The van der Waals surface area contributed by atoms with Gasteiger partial charge in [-0.15, -0.1) is 0 Å². The highest BCUT2D eigenvalue weighted by Crippen LogP contribution is 1.85. The van der Waals surface area contributed by atoms with Gasteiger partial charge in [-0.05, 0) is 0 Å². The molecule has 0 aliphatic heterocycles. The van der Waals surface area contributed by atoms with Gasteiger partial charge in [-0.1, -0.05) is 0 Å². The van der Waals surface area contributed by atoms with Crippen molar-refractivity contribution in [2.75, 3.05) is 13.2 Å². The zero-order valence-corrected chi connectivity index (χ0v) is 9.33. The van der Waals surface area contributed by atoms with Gasteiger partial charge in [-0.2, -0.15) is 0 Å². The molecule has 0 aliphatic carbocycles. The lowest BCUT2D eigenvalue weighted by molar-refractivity contribution is -0.146. The van der Waals surface area contributed by atoms with Crippen LogP contribution in [0.3, 0.4) is 0 Å². The number of carbonyl (C=O) groups is 4. The van der Waals surface area contributed by atoms with Crippen molar-refractivity contribution in [1.29, 1.82) is 0 Å². The largest absolute Gasteiger partial charge is 0.459 e. The highest BCUT2D eigenvalue weighted by molar-refractivity contribution is 5.94. The molecule has 0 aromatic heterocycles. The van der Waals surface area contributed by atoms with Crippen LogP contribution < -0.4 is 11.5 Å². The summed E-state index contributed by atoms with van der Waals surface area (Å²) >= 11 is 0. The number of hydrogen-bond donors (Lipinski definition) is 2. The summed E-state index contributed by atoms with van der Waals surface area (Å²) in [5.74, 6) is -3.15. The first-order valence-corrected chi connectivity index (χ1v) is 4.70.